The number of hydrogen-bond donors (Lipinski definition) is 3. The van der Waals surface area contributed by atoms with Crippen LogP contribution in [0.2, 0.25) is 0 Å². The second kappa shape index (κ2) is 6.75. The molecule has 0 heterocycles. The summed E-state index contributed by atoms with van der Waals surface area (Å²) in [6.45, 7) is 5.79. The normalized spacial score (nSPS) is 13.8. The Hall–Kier alpha value is -1.07. The minimum atomic E-state index is -0.265. The molecule has 2 atom stereocenters. The molecule has 1 aromatic rings. The molecule has 100 valence electrons. The molecular weight excluding hydrogens is 296 g/mol. The maximum atomic E-state index is 11.7. The number of aliphatic hydroxyl groups excluding tert-OH is 1. The van der Waals surface area contributed by atoms with Crippen LogP contribution in [0.25, 0.3) is 0 Å². The van der Waals surface area contributed by atoms with Gasteiger partial charge in [-0.15, -0.1) is 0 Å². The fourth-order valence-corrected chi connectivity index (χ4v) is 1.72. The van der Waals surface area contributed by atoms with E-state index >= 15 is 0 Å². The molecule has 1 rings (SSSR count). The van der Waals surface area contributed by atoms with E-state index in [-0.39, 0.29) is 24.6 Å². The molecule has 0 saturated heterocycles. The molecule has 0 bridgehead atoms. The summed E-state index contributed by atoms with van der Waals surface area (Å²) < 4.78 is 0.956. The molecule has 0 aliphatic heterocycles. The van der Waals surface area contributed by atoms with Crippen LogP contribution in [0.4, 0.5) is 10.5 Å². The van der Waals surface area contributed by atoms with Gasteiger partial charge in [-0.3, -0.25) is 0 Å². The minimum absolute atomic E-state index is 0.0282. The van der Waals surface area contributed by atoms with E-state index in [0.717, 1.165) is 15.7 Å². The van der Waals surface area contributed by atoms with Crippen LogP contribution in [0.15, 0.2) is 22.7 Å². The third-order valence-electron chi connectivity index (χ3n) is 2.93. The molecule has 0 aliphatic carbocycles. The van der Waals surface area contributed by atoms with Crippen LogP contribution in [-0.2, 0) is 0 Å². The first-order chi connectivity index (χ1) is 8.43. The van der Waals surface area contributed by atoms with Gasteiger partial charge in [-0.1, -0.05) is 28.9 Å². The van der Waals surface area contributed by atoms with Gasteiger partial charge in [0, 0.05) is 22.8 Å². The summed E-state index contributed by atoms with van der Waals surface area (Å²) in [5.74, 6) is 0.0282. The number of aryl methyl sites for hydroxylation is 1. The van der Waals surface area contributed by atoms with E-state index in [4.69, 9.17) is 5.11 Å². The third-order valence-corrected chi connectivity index (χ3v) is 3.78. The summed E-state index contributed by atoms with van der Waals surface area (Å²) in [4.78, 5) is 11.7. The number of aliphatic hydroxyl groups is 1. The first-order valence-corrected chi connectivity index (χ1v) is 6.68. The van der Waals surface area contributed by atoms with Crippen LogP contribution < -0.4 is 10.6 Å². The highest BCUT2D eigenvalue weighted by atomic mass is 79.9. The summed E-state index contributed by atoms with van der Waals surface area (Å²) in [5.41, 5.74) is 1.84. The number of hydrogen-bond acceptors (Lipinski definition) is 2. The highest BCUT2D eigenvalue weighted by Gasteiger charge is 2.13. The standard InChI is InChI=1S/C13H19BrN2O2/c1-8-4-5-11(6-12(8)14)16-13(18)15-10(3)9(2)7-17/h4-6,9-10,17H,7H2,1-3H3,(H2,15,16,18). The van der Waals surface area contributed by atoms with E-state index in [1.807, 2.05) is 39.0 Å². The summed E-state index contributed by atoms with van der Waals surface area (Å²) in [5, 5.41) is 14.5. The van der Waals surface area contributed by atoms with Crippen LogP contribution in [0.5, 0.6) is 0 Å². The Morgan fingerprint density at radius 1 is 1.44 bits per heavy atom. The molecule has 0 fully saturated rings. The van der Waals surface area contributed by atoms with Crippen LogP contribution in [0, 0.1) is 12.8 Å². The molecule has 0 spiro atoms. The van der Waals surface area contributed by atoms with Crippen molar-refractivity contribution in [1.82, 2.24) is 5.32 Å². The highest BCUT2D eigenvalue weighted by Crippen LogP contribution is 2.20. The summed E-state index contributed by atoms with van der Waals surface area (Å²) in [7, 11) is 0. The van der Waals surface area contributed by atoms with Crippen molar-refractivity contribution in [3.8, 4) is 0 Å². The first-order valence-electron chi connectivity index (χ1n) is 5.88. The fourth-order valence-electron chi connectivity index (χ4n) is 1.34. The Labute approximate surface area is 116 Å². The van der Waals surface area contributed by atoms with E-state index in [1.54, 1.807) is 0 Å². The number of amides is 2. The molecular formula is C13H19BrN2O2. The van der Waals surface area contributed by atoms with Gasteiger partial charge in [-0.05, 0) is 37.5 Å². The average Bonchev–Trinajstić information content (AvgIpc) is 2.32. The predicted molar refractivity (Wildman–Crippen MR) is 76.7 cm³/mol. The van der Waals surface area contributed by atoms with Crippen molar-refractivity contribution >= 4 is 27.6 Å². The number of urea groups is 1. The van der Waals surface area contributed by atoms with E-state index in [9.17, 15) is 4.79 Å². The Morgan fingerprint density at radius 2 is 2.11 bits per heavy atom. The second-order valence-electron chi connectivity index (χ2n) is 4.51. The second-order valence-corrected chi connectivity index (χ2v) is 5.37. The van der Waals surface area contributed by atoms with Crippen LogP contribution in [0.1, 0.15) is 19.4 Å². The molecule has 1 aromatic carbocycles. The minimum Gasteiger partial charge on any atom is -0.396 e. The quantitative estimate of drug-likeness (QED) is 0.800. The van der Waals surface area contributed by atoms with Gasteiger partial charge >= 0.3 is 6.03 Å². The Morgan fingerprint density at radius 3 is 2.67 bits per heavy atom. The largest absolute Gasteiger partial charge is 0.396 e. The maximum absolute atomic E-state index is 11.7. The summed E-state index contributed by atoms with van der Waals surface area (Å²) >= 11 is 3.42. The van der Waals surface area contributed by atoms with Crippen molar-refractivity contribution in [3.63, 3.8) is 0 Å². The zero-order valence-electron chi connectivity index (χ0n) is 10.8. The molecule has 4 nitrogen and oxygen atoms in total. The number of rotatable bonds is 4. The van der Waals surface area contributed by atoms with Crippen LogP contribution >= 0.6 is 15.9 Å². The number of carbonyl (C=O) groups is 1. The van der Waals surface area contributed by atoms with Gasteiger partial charge in [0.2, 0.25) is 0 Å². The lowest BCUT2D eigenvalue weighted by Gasteiger charge is -2.19. The molecule has 2 unspecified atom stereocenters. The molecule has 2 amide bonds. The van der Waals surface area contributed by atoms with Crippen molar-refractivity contribution in [2.45, 2.75) is 26.8 Å². The average molecular weight is 315 g/mol. The van der Waals surface area contributed by atoms with Gasteiger partial charge in [-0.25, -0.2) is 4.79 Å². The SMILES string of the molecule is Cc1ccc(NC(=O)NC(C)C(C)CO)cc1Br. The van der Waals surface area contributed by atoms with Crippen molar-refractivity contribution in [1.29, 1.82) is 0 Å². The van der Waals surface area contributed by atoms with Crippen molar-refractivity contribution in [3.05, 3.63) is 28.2 Å². The highest BCUT2D eigenvalue weighted by molar-refractivity contribution is 9.10. The van der Waals surface area contributed by atoms with E-state index in [0.29, 0.717) is 0 Å². The zero-order chi connectivity index (χ0) is 13.7. The van der Waals surface area contributed by atoms with Gasteiger partial charge in [-0.2, -0.15) is 0 Å². The number of carbonyl (C=O) groups excluding carboxylic acids is 1. The molecule has 3 N–H and O–H groups in total. The smallest absolute Gasteiger partial charge is 0.319 e. The molecule has 0 saturated carbocycles. The fraction of sp³-hybridized carbons (Fsp3) is 0.462. The Kier molecular flexibility index (Phi) is 5.62. The van der Waals surface area contributed by atoms with Gasteiger partial charge in [0.05, 0.1) is 0 Å². The lowest BCUT2D eigenvalue weighted by molar-refractivity contribution is 0.204. The van der Waals surface area contributed by atoms with Crippen LogP contribution in [-0.4, -0.2) is 23.8 Å². The molecule has 0 aromatic heterocycles. The number of benzene rings is 1. The van der Waals surface area contributed by atoms with Crippen molar-refractivity contribution in [2.75, 3.05) is 11.9 Å². The van der Waals surface area contributed by atoms with E-state index in [2.05, 4.69) is 26.6 Å². The lowest BCUT2D eigenvalue weighted by atomic mass is 10.1. The molecule has 18 heavy (non-hydrogen) atoms. The van der Waals surface area contributed by atoms with Gasteiger partial charge in [0.25, 0.3) is 0 Å². The Balaban J connectivity index is 2.57. The third kappa shape index (κ3) is 4.31. The number of nitrogens with one attached hydrogen (secondary N) is 2. The van der Waals surface area contributed by atoms with Gasteiger partial charge < -0.3 is 15.7 Å². The topological polar surface area (TPSA) is 61.4 Å². The predicted octanol–water partition coefficient (Wildman–Crippen LogP) is 2.90. The van der Waals surface area contributed by atoms with Crippen molar-refractivity contribution < 1.29 is 9.90 Å². The number of halogens is 1. The monoisotopic (exact) mass is 314 g/mol. The Bertz CT molecular complexity index is 423. The van der Waals surface area contributed by atoms with Crippen molar-refractivity contribution in [2.24, 2.45) is 5.92 Å². The van der Waals surface area contributed by atoms with Gasteiger partial charge in [0.15, 0.2) is 0 Å². The molecule has 0 aliphatic rings. The first kappa shape index (κ1) is 15.0. The number of anilines is 1. The molecule has 5 heteroatoms. The maximum Gasteiger partial charge on any atom is 0.319 e. The zero-order valence-corrected chi connectivity index (χ0v) is 12.4. The summed E-state index contributed by atoms with van der Waals surface area (Å²) in [6.07, 6.45) is 0. The molecule has 0 radical (unpaired) electrons. The van der Waals surface area contributed by atoms with E-state index < -0.39 is 0 Å². The lowest BCUT2D eigenvalue weighted by Crippen LogP contribution is -2.40. The van der Waals surface area contributed by atoms with Gasteiger partial charge in [0.1, 0.15) is 0 Å². The van der Waals surface area contributed by atoms with E-state index in [1.165, 1.54) is 0 Å². The summed E-state index contributed by atoms with van der Waals surface area (Å²) in [6, 6.07) is 5.29. The van der Waals surface area contributed by atoms with Crippen LogP contribution in [0.3, 0.4) is 0 Å².